The molecule has 1 aromatic rings. The molecule has 114 valence electrons. The second-order valence-electron chi connectivity index (χ2n) is 5.40. The molecule has 4 nitrogen and oxygen atoms in total. The highest BCUT2D eigenvalue weighted by Gasteiger charge is 2.33. The first-order valence-corrected chi connectivity index (χ1v) is 7.69. The van der Waals surface area contributed by atoms with Crippen LogP contribution in [-0.4, -0.2) is 36.0 Å². The van der Waals surface area contributed by atoms with Crippen LogP contribution in [0.1, 0.15) is 38.2 Å². The average Bonchev–Trinajstić information content (AvgIpc) is 3.30. The van der Waals surface area contributed by atoms with E-state index in [1.807, 2.05) is 18.2 Å². The second-order valence-corrected chi connectivity index (χ2v) is 5.40. The van der Waals surface area contributed by atoms with Gasteiger partial charge >= 0.3 is 5.97 Å². The molecule has 1 aliphatic carbocycles. The number of nitrogens with zero attached hydrogens (tertiary/aromatic N) is 1. The summed E-state index contributed by atoms with van der Waals surface area (Å²) in [6.07, 6.45) is 4.21. The van der Waals surface area contributed by atoms with Crippen molar-refractivity contribution in [1.29, 1.82) is 0 Å². The van der Waals surface area contributed by atoms with E-state index in [0.29, 0.717) is 13.0 Å². The van der Waals surface area contributed by atoms with Crippen LogP contribution in [0.3, 0.4) is 0 Å². The molecule has 1 aliphatic rings. The summed E-state index contributed by atoms with van der Waals surface area (Å²) in [6, 6.07) is 10.4. The van der Waals surface area contributed by atoms with Crippen molar-refractivity contribution in [3.8, 4) is 0 Å². The molecule has 0 atom stereocenters. The minimum atomic E-state index is -0.305. The summed E-state index contributed by atoms with van der Waals surface area (Å²) in [5.41, 5.74) is 1.24. The average molecular weight is 289 g/mol. The van der Waals surface area contributed by atoms with Crippen molar-refractivity contribution in [2.75, 3.05) is 13.2 Å². The topological polar surface area (TPSA) is 46.6 Å². The summed E-state index contributed by atoms with van der Waals surface area (Å²) >= 11 is 0. The number of carbonyl (C=O) groups is 2. The van der Waals surface area contributed by atoms with Crippen LogP contribution >= 0.6 is 0 Å². The molecule has 0 heterocycles. The lowest BCUT2D eigenvalue weighted by atomic mass is 10.1. The van der Waals surface area contributed by atoms with E-state index in [1.54, 1.807) is 11.8 Å². The Bertz CT molecular complexity index is 468. The molecule has 0 unspecified atom stereocenters. The Morgan fingerprint density at radius 2 is 1.95 bits per heavy atom. The molecule has 0 N–H and O–H groups in total. The standard InChI is InChI=1S/C17H23NO3/c1-2-21-17(20)13-18(15-11-12-15)16(19)10-6-9-14-7-4-3-5-8-14/h3-5,7-8,15H,2,6,9-13H2,1H3. The predicted octanol–water partition coefficient (Wildman–Crippen LogP) is 2.56. The molecule has 0 aliphatic heterocycles. The SMILES string of the molecule is CCOC(=O)CN(C(=O)CCCc1ccccc1)C1CC1. The van der Waals surface area contributed by atoms with E-state index in [2.05, 4.69) is 12.1 Å². The molecule has 0 saturated heterocycles. The van der Waals surface area contributed by atoms with Gasteiger partial charge in [-0.2, -0.15) is 0 Å². The van der Waals surface area contributed by atoms with Gasteiger partial charge in [0, 0.05) is 12.5 Å². The van der Waals surface area contributed by atoms with E-state index in [4.69, 9.17) is 4.74 Å². The summed E-state index contributed by atoms with van der Waals surface area (Å²) in [5.74, 6) is -0.234. The Morgan fingerprint density at radius 1 is 1.24 bits per heavy atom. The number of carbonyl (C=O) groups excluding carboxylic acids is 2. The van der Waals surface area contributed by atoms with Gasteiger partial charge in [-0.05, 0) is 38.2 Å². The molecule has 0 radical (unpaired) electrons. The van der Waals surface area contributed by atoms with Crippen molar-refractivity contribution >= 4 is 11.9 Å². The number of hydrogen-bond donors (Lipinski definition) is 0. The monoisotopic (exact) mass is 289 g/mol. The zero-order valence-corrected chi connectivity index (χ0v) is 12.6. The van der Waals surface area contributed by atoms with E-state index < -0.39 is 0 Å². The summed E-state index contributed by atoms with van der Waals surface area (Å²) in [5, 5.41) is 0. The number of benzene rings is 1. The van der Waals surface area contributed by atoms with Crippen LogP contribution in [0.4, 0.5) is 0 Å². The fourth-order valence-electron chi connectivity index (χ4n) is 2.38. The number of esters is 1. The van der Waals surface area contributed by atoms with E-state index >= 15 is 0 Å². The van der Waals surface area contributed by atoms with Crippen LogP contribution in [0, 0.1) is 0 Å². The zero-order valence-electron chi connectivity index (χ0n) is 12.6. The molecular weight excluding hydrogens is 266 g/mol. The van der Waals surface area contributed by atoms with Gasteiger partial charge in [0.05, 0.1) is 6.61 Å². The maximum Gasteiger partial charge on any atom is 0.325 e. The number of amides is 1. The van der Waals surface area contributed by atoms with Crippen molar-refractivity contribution in [2.24, 2.45) is 0 Å². The van der Waals surface area contributed by atoms with Gasteiger partial charge in [0.25, 0.3) is 0 Å². The smallest absolute Gasteiger partial charge is 0.325 e. The fraction of sp³-hybridized carbons (Fsp3) is 0.529. The van der Waals surface area contributed by atoms with Crippen molar-refractivity contribution < 1.29 is 14.3 Å². The molecule has 1 fully saturated rings. The Hall–Kier alpha value is -1.84. The highest BCUT2D eigenvalue weighted by molar-refractivity contribution is 5.82. The van der Waals surface area contributed by atoms with E-state index in [-0.39, 0.29) is 24.5 Å². The molecule has 0 aromatic heterocycles. The molecule has 21 heavy (non-hydrogen) atoms. The van der Waals surface area contributed by atoms with Gasteiger partial charge in [-0.25, -0.2) is 0 Å². The summed E-state index contributed by atoms with van der Waals surface area (Å²) in [4.78, 5) is 25.5. The van der Waals surface area contributed by atoms with Crippen molar-refractivity contribution in [3.05, 3.63) is 35.9 Å². The third-order valence-electron chi connectivity index (χ3n) is 3.61. The molecule has 1 aromatic carbocycles. The number of aryl methyl sites for hydroxylation is 1. The predicted molar refractivity (Wildman–Crippen MR) is 80.7 cm³/mol. The first-order chi connectivity index (χ1) is 10.2. The summed E-state index contributed by atoms with van der Waals surface area (Å²) in [7, 11) is 0. The van der Waals surface area contributed by atoms with Gasteiger partial charge in [0.15, 0.2) is 0 Å². The lowest BCUT2D eigenvalue weighted by molar-refractivity contribution is -0.149. The third kappa shape index (κ3) is 5.21. The van der Waals surface area contributed by atoms with Gasteiger partial charge in [-0.1, -0.05) is 30.3 Å². The lowest BCUT2D eigenvalue weighted by Gasteiger charge is -2.21. The van der Waals surface area contributed by atoms with Gasteiger partial charge in [-0.3, -0.25) is 9.59 Å². The number of hydrogen-bond acceptors (Lipinski definition) is 3. The van der Waals surface area contributed by atoms with Crippen LogP contribution in [-0.2, 0) is 20.7 Å². The Kier molecular flexibility index (Phi) is 5.78. The highest BCUT2D eigenvalue weighted by atomic mass is 16.5. The first kappa shape index (κ1) is 15.5. The summed E-state index contributed by atoms with van der Waals surface area (Å²) < 4.78 is 4.94. The van der Waals surface area contributed by atoms with Crippen LogP contribution in [0.2, 0.25) is 0 Å². The first-order valence-electron chi connectivity index (χ1n) is 7.69. The van der Waals surface area contributed by atoms with E-state index in [9.17, 15) is 9.59 Å². The van der Waals surface area contributed by atoms with Gasteiger partial charge in [0.1, 0.15) is 6.54 Å². The minimum Gasteiger partial charge on any atom is -0.465 e. The fourth-order valence-corrected chi connectivity index (χ4v) is 2.38. The van der Waals surface area contributed by atoms with Crippen molar-refractivity contribution in [3.63, 3.8) is 0 Å². The molecule has 1 saturated carbocycles. The maximum absolute atomic E-state index is 12.3. The molecule has 0 spiro atoms. The Labute approximate surface area is 126 Å². The van der Waals surface area contributed by atoms with Crippen LogP contribution < -0.4 is 0 Å². The quantitative estimate of drug-likeness (QED) is 0.691. The third-order valence-corrected chi connectivity index (χ3v) is 3.61. The normalized spacial score (nSPS) is 13.8. The maximum atomic E-state index is 12.3. The van der Waals surface area contributed by atoms with Crippen molar-refractivity contribution in [1.82, 2.24) is 4.90 Å². The zero-order chi connectivity index (χ0) is 15.1. The number of ether oxygens (including phenoxy) is 1. The van der Waals surface area contributed by atoms with Crippen molar-refractivity contribution in [2.45, 2.75) is 45.1 Å². The molecule has 1 amide bonds. The Balaban J connectivity index is 1.77. The molecule has 4 heteroatoms. The van der Waals surface area contributed by atoms with Gasteiger partial charge < -0.3 is 9.64 Å². The minimum absolute atomic E-state index is 0.0708. The summed E-state index contributed by atoms with van der Waals surface area (Å²) in [6.45, 7) is 2.24. The highest BCUT2D eigenvalue weighted by Crippen LogP contribution is 2.27. The lowest BCUT2D eigenvalue weighted by Crippen LogP contribution is -2.38. The molecular formula is C17H23NO3. The van der Waals surface area contributed by atoms with Gasteiger partial charge in [0.2, 0.25) is 5.91 Å². The Morgan fingerprint density at radius 3 is 2.57 bits per heavy atom. The van der Waals surface area contributed by atoms with Crippen LogP contribution in [0.25, 0.3) is 0 Å². The second kappa shape index (κ2) is 7.81. The van der Waals surface area contributed by atoms with Crippen LogP contribution in [0.15, 0.2) is 30.3 Å². The van der Waals surface area contributed by atoms with Gasteiger partial charge in [-0.15, -0.1) is 0 Å². The number of rotatable bonds is 8. The van der Waals surface area contributed by atoms with E-state index in [1.165, 1.54) is 5.56 Å². The largest absolute Gasteiger partial charge is 0.465 e. The molecule has 2 rings (SSSR count). The molecule has 0 bridgehead atoms. The van der Waals surface area contributed by atoms with E-state index in [0.717, 1.165) is 25.7 Å². The van der Waals surface area contributed by atoms with Crippen LogP contribution in [0.5, 0.6) is 0 Å².